The molecular formula is C14H20BrNO. The molecule has 2 rings (SSSR count). The van der Waals surface area contributed by atoms with E-state index in [1.54, 1.807) is 0 Å². The molecule has 0 spiro atoms. The number of benzene rings is 1. The van der Waals surface area contributed by atoms with E-state index in [4.69, 9.17) is 4.74 Å². The summed E-state index contributed by atoms with van der Waals surface area (Å²) in [6, 6.07) is 8.32. The summed E-state index contributed by atoms with van der Waals surface area (Å²) in [7, 11) is 0. The van der Waals surface area contributed by atoms with Gasteiger partial charge in [-0.1, -0.05) is 48.0 Å². The maximum Gasteiger partial charge on any atom is 0.0968 e. The molecule has 0 saturated carbocycles. The van der Waals surface area contributed by atoms with Crippen LogP contribution in [0.2, 0.25) is 0 Å². The zero-order chi connectivity index (χ0) is 12.3. The highest BCUT2D eigenvalue weighted by molar-refractivity contribution is 9.10. The zero-order valence-corrected chi connectivity index (χ0v) is 12.1. The van der Waals surface area contributed by atoms with Gasteiger partial charge in [0.1, 0.15) is 0 Å². The molecule has 1 saturated heterocycles. The summed E-state index contributed by atoms with van der Waals surface area (Å²) in [5.41, 5.74) is 1.24. The molecule has 1 unspecified atom stereocenters. The van der Waals surface area contributed by atoms with Gasteiger partial charge in [0, 0.05) is 17.6 Å². The fourth-order valence-corrected chi connectivity index (χ4v) is 2.93. The van der Waals surface area contributed by atoms with Gasteiger partial charge in [-0.05, 0) is 24.5 Å². The quantitative estimate of drug-likeness (QED) is 0.919. The van der Waals surface area contributed by atoms with Gasteiger partial charge in [0.2, 0.25) is 0 Å². The Balaban J connectivity index is 2.20. The van der Waals surface area contributed by atoms with Gasteiger partial charge in [0.05, 0.1) is 11.7 Å². The van der Waals surface area contributed by atoms with Gasteiger partial charge in [0.25, 0.3) is 0 Å². The van der Waals surface area contributed by atoms with Crippen LogP contribution >= 0.6 is 15.9 Å². The molecular weight excluding hydrogens is 278 g/mol. The molecule has 1 fully saturated rings. The summed E-state index contributed by atoms with van der Waals surface area (Å²) >= 11 is 3.61. The van der Waals surface area contributed by atoms with E-state index in [0.29, 0.717) is 0 Å². The monoisotopic (exact) mass is 297 g/mol. The van der Waals surface area contributed by atoms with E-state index in [1.807, 2.05) is 6.07 Å². The minimum atomic E-state index is -0.00179. The van der Waals surface area contributed by atoms with E-state index >= 15 is 0 Å². The summed E-state index contributed by atoms with van der Waals surface area (Å²) in [5, 5.41) is 3.51. The predicted octanol–water partition coefficient (Wildman–Crippen LogP) is 3.67. The molecule has 1 aliphatic heterocycles. The van der Waals surface area contributed by atoms with Crippen LogP contribution in [-0.4, -0.2) is 18.7 Å². The van der Waals surface area contributed by atoms with Crippen molar-refractivity contribution in [3.63, 3.8) is 0 Å². The molecule has 0 amide bonds. The molecule has 94 valence electrons. The fourth-order valence-electron chi connectivity index (χ4n) is 2.39. The first kappa shape index (κ1) is 13.1. The lowest BCUT2D eigenvalue weighted by Crippen LogP contribution is -2.50. The Morgan fingerprint density at radius 2 is 2.06 bits per heavy atom. The number of rotatable bonds is 3. The third-order valence-electron chi connectivity index (χ3n) is 3.71. The molecule has 1 aromatic carbocycles. The Bertz CT molecular complexity index is 376. The van der Waals surface area contributed by atoms with Crippen molar-refractivity contribution in [1.82, 2.24) is 5.32 Å². The smallest absolute Gasteiger partial charge is 0.0968 e. The second-order valence-electron chi connectivity index (χ2n) is 4.65. The molecule has 0 aromatic heterocycles. The number of hydrogen-bond donors (Lipinski definition) is 1. The predicted molar refractivity (Wildman–Crippen MR) is 74.2 cm³/mol. The highest BCUT2D eigenvalue weighted by atomic mass is 79.9. The summed E-state index contributed by atoms with van der Waals surface area (Å²) in [6.45, 7) is 6.26. The Morgan fingerprint density at radius 1 is 1.35 bits per heavy atom. The first-order valence-corrected chi connectivity index (χ1v) is 7.13. The van der Waals surface area contributed by atoms with E-state index in [-0.39, 0.29) is 11.7 Å². The third kappa shape index (κ3) is 2.72. The van der Waals surface area contributed by atoms with Crippen LogP contribution in [-0.2, 0) is 4.74 Å². The Hall–Kier alpha value is -0.380. The standard InChI is InChI=1S/C14H20BrNO/c1-3-14(4-2)10-16-9-13(17-14)11-7-5-6-8-12(11)15/h5-8,13,16H,3-4,9-10H2,1-2H3. The zero-order valence-electron chi connectivity index (χ0n) is 10.5. The molecule has 1 heterocycles. The van der Waals surface area contributed by atoms with E-state index in [2.05, 4.69) is 53.3 Å². The summed E-state index contributed by atoms with van der Waals surface area (Å²) in [5.74, 6) is 0. The van der Waals surface area contributed by atoms with Crippen LogP contribution < -0.4 is 5.32 Å². The van der Waals surface area contributed by atoms with Crippen LogP contribution in [0.3, 0.4) is 0 Å². The Morgan fingerprint density at radius 3 is 2.71 bits per heavy atom. The first-order valence-electron chi connectivity index (χ1n) is 6.34. The van der Waals surface area contributed by atoms with Crippen LogP contribution in [0.15, 0.2) is 28.7 Å². The number of halogens is 1. The van der Waals surface area contributed by atoms with Crippen LogP contribution in [0.1, 0.15) is 38.4 Å². The van der Waals surface area contributed by atoms with Crippen molar-refractivity contribution >= 4 is 15.9 Å². The molecule has 2 nitrogen and oxygen atoms in total. The summed E-state index contributed by atoms with van der Waals surface area (Å²) in [6.07, 6.45) is 2.26. The summed E-state index contributed by atoms with van der Waals surface area (Å²) in [4.78, 5) is 0. The van der Waals surface area contributed by atoms with Gasteiger partial charge in [-0.25, -0.2) is 0 Å². The van der Waals surface area contributed by atoms with E-state index < -0.39 is 0 Å². The van der Waals surface area contributed by atoms with E-state index in [1.165, 1.54) is 5.56 Å². The second kappa shape index (κ2) is 5.51. The molecule has 17 heavy (non-hydrogen) atoms. The normalized spacial score (nSPS) is 23.6. The molecule has 1 N–H and O–H groups in total. The van der Waals surface area contributed by atoms with Crippen molar-refractivity contribution < 1.29 is 4.74 Å². The van der Waals surface area contributed by atoms with Crippen molar-refractivity contribution in [2.24, 2.45) is 0 Å². The number of nitrogens with one attached hydrogen (secondary N) is 1. The third-order valence-corrected chi connectivity index (χ3v) is 4.43. The van der Waals surface area contributed by atoms with E-state index in [9.17, 15) is 0 Å². The van der Waals surface area contributed by atoms with Crippen LogP contribution in [0.5, 0.6) is 0 Å². The minimum absolute atomic E-state index is 0.00179. The van der Waals surface area contributed by atoms with Gasteiger partial charge in [-0.3, -0.25) is 0 Å². The van der Waals surface area contributed by atoms with Crippen molar-refractivity contribution in [2.75, 3.05) is 13.1 Å². The molecule has 1 atom stereocenters. The lowest BCUT2D eigenvalue weighted by Gasteiger charge is -2.41. The average Bonchev–Trinajstić information content (AvgIpc) is 2.39. The summed E-state index contributed by atoms with van der Waals surface area (Å²) < 4.78 is 7.48. The van der Waals surface area contributed by atoms with Gasteiger partial charge in [0.15, 0.2) is 0 Å². The molecule has 0 bridgehead atoms. The van der Waals surface area contributed by atoms with Gasteiger partial charge in [-0.15, -0.1) is 0 Å². The highest BCUT2D eigenvalue weighted by Gasteiger charge is 2.35. The molecule has 1 aliphatic rings. The molecule has 0 aliphatic carbocycles. The molecule has 3 heteroatoms. The number of morpholine rings is 1. The number of hydrogen-bond acceptors (Lipinski definition) is 2. The molecule has 0 radical (unpaired) electrons. The van der Waals surface area contributed by atoms with Gasteiger partial charge < -0.3 is 10.1 Å². The largest absolute Gasteiger partial charge is 0.364 e. The molecule has 1 aromatic rings. The second-order valence-corrected chi connectivity index (χ2v) is 5.50. The van der Waals surface area contributed by atoms with E-state index in [0.717, 1.165) is 30.4 Å². The minimum Gasteiger partial charge on any atom is -0.364 e. The van der Waals surface area contributed by atoms with Crippen LogP contribution in [0.4, 0.5) is 0 Å². The highest BCUT2D eigenvalue weighted by Crippen LogP contribution is 2.34. The Kier molecular flexibility index (Phi) is 4.23. The topological polar surface area (TPSA) is 21.3 Å². The van der Waals surface area contributed by atoms with Crippen LogP contribution in [0, 0.1) is 0 Å². The lowest BCUT2D eigenvalue weighted by atomic mass is 9.93. The van der Waals surface area contributed by atoms with Gasteiger partial charge in [-0.2, -0.15) is 0 Å². The van der Waals surface area contributed by atoms with Crippen molar-refractivity contribution in [1.29, 1.82) is 0 Å². The van der Waals surface area contributed by atoms with Crippen molar-refractivity contribution in [3.05, 3.63) is 34.3 Å². The van der Waals surface area contributed by atoms with Crippen molar-refractivity contribution in [2.45, 2.75) is 38.4 Å². The lowest BCUT2D eigenvalue weighted by molar-refractivity contribution is -0.122. The first-order chi connectivity index (χ1) is 8.21. The fraction of sp³-hybridized carbons (Fsp3) is 0.571. The SMILES string of the molecule is CCC1(CC)CNCC(c2ccccc2Br)O1. The average molecular weight is 298 g/mol. The van der Waals surface area contributed by atoms with Crippen molar-refractivity contribution in [3.8, 4) is 0 Å². The maximum absolute atomic E-state index is 6.35. The van der Waals surface area contributed by atoms with Gasteiger partial charge >= 0.3 is 0 Å². The Labute approximate surface area is 112 Å². The maximum atomic E-state index is 6.35. The van der Waals surface area contributed by atoms with Crippen LogP contribution in [0.25, 0.3) is 0 Å². The number of ether oxygens (including phenoxy) is 1.